The average molecular weight is 439 g/mol. The molecule has 2 aromatic rings. The van der Waals surface area contributed by atoms with Crippen LogP contribution in [0.3, 0.4) is 0 Å². The minimum Gasteiger partial charge on any atom is -0.325 e. The van der Waals surface area contributed by atoms with Crippen molar-refractivity contribution in [2.45, 2.75) is 22.8 Å². The van der Waals surface area contributed by atoms with Gasteiger partial charge >= 0.3 is 6.18 Å². The molecule has 0 aliphatic heterocycles. The van der Waals surface area contributed by atoms with E-state index in [0.29, 0.717) is 5.75 Å². The van der Waals surface area contributed by atoms with Gasteiger partial charge in [-0.2, -0.15) is 29.7 Å². The van der Waals surface area contributed by atoms with Crippen molar-refractivity contribution >= 4 is 44.7 Å². The lowest BCUT2D eigenvalue weighted by molar-refractivity contribution is -0.137. The summed E-state index contributed by atoms with van der Waals surface area (Å²) in [7, 11) is -3.90. The molecule has 148 valence electrons. The number of thiophene rings is 1. The SMILES string of the molecule is CSCCC(NS(=O)(=O)c1cccs1)C(=O)Nc1cccc(C(F)(F)F)c1. The summed E-state index contributed by atoms with van der Waals surface area (Å²) in [4.78, 5) is 12.5. The number of carbonyl (C=O) groups excluding carboxylic acids is 1. The molecule has 0 bridgehead atoms. The molecule has 11 heteroatoms. The Balaban J connectivity index is 2.18. The number of halogens is 3. The van der Waals surface area contributed by atoms with Crippen molar-refractivity contribution in [3.8, 4) is 0 Å². The summed E-state index contributed by atoms with van der Waals surface area (Å²) in [5.74, 6) is -0.225. The summed E-state index contributed by atoms with van der Waals surface area (Å²) in [6.45, 7) is 0. The van der Waals surface area contributed by atoms with Crippen molar-refractivity contribution in [1.82, 2.24) is 4.72 Å². The van der Waals surface area contributed by atoms with Gasteiger partial charge in [0.2, 0.25) is 5.91 Å². The second-order valence-corrected chi connectivity index (χ2v) is 9.33. The van der Waals surface area contributed by atoms with Crippen LogP contribution in [0.15, 0.2) is 46.0 Å². The first-order valence-electron chi connectivity index (χ1n) is 7.66. The molecule has 0 saturated heterocycles. The molecule has 1 heterocycles. The summed E-state index contributed by atoms with van der Waals surface area (Å²) in [5.41, 5.74) is -0.959. The topological polar surface area (TPSA) is 75.3 Å². The fourth-order valence-corrected chi connectivity index (χ4v) is 4.85. The monoisotopic (exact) mass is 438 g/mol. The predicted molar refractivity (Wildman–Crippen MR) is 102 cm³/mol. The van der Waals surface area contributed by atoms with Gasteiger partial charge in [-0.1, -0.05) is 12.1 Å². The molecule has 0 saturated carbocycles. The first-order valence-corrected chi connectivity index (χ1v) is 11.4. The highest BCUT2D eigenvalue weighted by atomic mass is 32.2. The first kappa shape index (κ1) is 21.7. The fourth-order valence-electron chi connectivity index (χ4n) is 2.14. The highest BCUT2D eigenvalue weighted by molar-refractivity contribution is 7.98. The molecule has 2 rings (SSSR count). The standard InChI is InChI=1S/C16H17F3N2O3S3/c1-25-9-7-13(21-27(23,24)14-6-3-8-26-14)15(22)20-12-5-2-4-11(10-12)16(17,18)19/h2-6,8,10,13,21H,7,9H2,1H3,(H,20,22). The second-order valence-electron chi connectivity index (χ2n) is 5.46. The second kappa shape index (κ2) is 9.09. The molecule has 0 aliphatic carbocycles. The minimum absolute atomic E-state index is 0.0562. The minimum atomic E-state index is -4.54. The molecule has 2 N–H and O–H groups in total. The predicted octanol–water partition coefficient (Wildman–Crippen LogP) is 3.81. The number of hydrogen-bond donors (Lipinski definition) is 2. The van der Waals surface area contributed by atoms with E-state index in [1.165, 1.54) is 30.0 Å². The van der Waals surface area contributed by atoms with Crippen molar-refractivity contribution in [2.75, 3.05) is 17.3 Å². The van der Waals surface area contributed by atoms with Gasteiger partial charge in [0.1, 0.15) is 10.3 Å². The van der Waals surface area contributed by atoms with E-state index in [1.807, 2.05) is 0 Å². The number of hydrogen-bond acceptors (Lipinski definition) is 5. The van der Waals surface area contributed by atoms with Crippen molar-refractivity contribution in [2.24, 2.45) is 0 Å². The van der Waals surface area contributed by atoms with Crippen LogP contribution in [-0.4, -0.2) is 32.4 Å². The molecule has 1 amide bonds. The van der Waals surface area contributed by atoms with Crippen molar-refractivity contribution < 1.29 is 26.4 Å². The van der Waals surface area contributed by atoms with Gasteiger partial charge in [-0.05, 0) is 48.1 Å². The van der Waals surface area contributed by atoms with Crippen LogP contribution in [0, 0.1) is 0 Å². The zero-order chi connectivity index (χ0) is 20.1. The van der Waals surface area contributed by atoms with Gasteiger partial charge in [0, 0.05) is 5.69 Å². The number of nitrogens with one attached hydrogen (secondary N) is 2. The van der Waals surface area contributed by atoms with E-state index in [4.69, 9.17) is 0 Å². The molecular weight excluding hydrogens is 421 g/mol. The Morgan fingerprint density at radius 2 is 2.00 bits per heavy atom. The summed E-state index contributed by atoms with van der Waals surface area (Å²) < 4.78 is 65.5. The molecule has 1 aromatic carbocycles. The van der Waals surface area contributed by atoms with E-state index in [2.05, 4.69) is 10.0 Å². The maximum absolute atomic E-state index is 12.8. The zero-order valence-corrected chi connectivity index (χ0v) is 16.6. The lowest BCUT2D eigenvalue weighted by atomic mass is 10.1. The summed E-state index contributed by atoms with van der Waals surface area (Å²) in [6.07, 6.45) is -2.55. The summed E-state index contributed by atoms with van der Waals surface area (Å²) >= 11 is 2.43. The first-order chi connectivity index (χ1) is 12.6. The molecule has 27 heavy (non-hydrogen) atoms. The normalized spacial score (nSPS) is 13.3. The van der Waals surface area contributed by atoms with E-state index in [9.17, 15) is 26.4 Å². The number of alkyl halides is 3. The van der Waals surface area contributed by atoms with Crippen LogP contribution in [0.4, 0.5) is 18.9 Å². The van der Waals surface area contributed by atoms with Gasteiger partial charge in [0.15, 0.2) is 0 Å². The maximum Gasteiger partial charge on any atom is 0.416 e. The summed E-state index contributed by atoms with van der Waals surface area (Å²) in [5, 5.41) is 3.95. The van der Waals surface area contributed by atoms with Crippen LogP contribution in [-0.2, 0) is 21.0 Å². The number of rotatable bonds is 8. The molecule has 1 aromatic heterocycles. The maximum atomic E-state index is 12.8. The van der Waals surface area contributed by atoms with Crippen LogP contribution in [0.1, 0.15) is 12.0 Å². The Morgan fingerprint density at radius 3 is 2.59 bits per heavy atom. The van der Waals surface area contributed by atoms with Crippen molar-refractivity contribution in [3.63, 3.8) is 0 Å². The molecule has 1 unspecified atom stereocenters. The molecular formula is C16H17F3N2O3S3. The zero-order valence-electron chi connectivity index (χ0n) is 14.1. The van der Waals surface area contributed by atoms with Gasteiger partial charge in [0.25, 0.3) is 10.0 Å². The van der Waals surface area contributed by atoms with Crippen LogP contribution >= 0.6 is 23.1 Å². The molecule has 1 atom stereocenters. The van der Waals surface area contributed by atoms with E-state index >= 15 is 0 Å². The Hall–Kier alpha value is -1.56. The Morgan fingerprint density at radius 1 is 1.26 bits per heavy atom. The largest absolute Gasteiger partial charge is 0.416 e. The highest BCUT2D eigenvalue weighted by Gasteiger charge is 2.31. The molecule has 0 fully saturated rings. The Kier molecular flexibility index (Phi) is 7.32. The van der Waals surface area contributed by atoms with Gasteiger partial charge in [0.05, 0.1) is 5.56 Å². The number of sulfonamides is 1. The van der Waals surface area contributed by atoms with Crippen LogP contribution < -0.4 is 10.0 Å². The average Bonchev–Trinajstić information content (AvgIpc) is 3.13. The third-order valence-electron chi connectivity index (χ3n) is 3.44. The van der Waals surface area contributed by atoms with Crippen molar-refractivity contribution in [1.29, 1.82) is 0 Å². The lowest BCUT2D eigenvalue weighted by Crippen LogP contribution is -2.43. The number of carbonyl (C=O) groups is 1. The van der Waals surface area contributed by atoms with E-state index in [0.717, 1.165) is 23.5 Å². The van der Waals surface area contributed by atoms with E-state index in [-0.39, 0.29) is 16.3 Å². The van der Waals surface area contributed by atoms with Crippen LogP contribution in [0.2, 0.25) is 0 Å². The van der Waals surface area contributed by atoms with Gasteiger partial charge in [-0.25, -0.2) is 8.42 Å². The Bertz CT molecular complexity index is 869. The quantitative estimate of drug-likeness (QED) is 0.657. The van der Waals surface area contributed by atoms with Crippen molar-refractivity contribution in [3.05, 3.63) is 47.3 Å². The number of thioether (sulfide) groups is 1. The van der Waals surface area contributed by atoms with E-state index < -0.39 is 33.7 Å². The fraction of sp³-hybridized carbons (Fsp3) is 0.312. The third-order valence-corrected chi connectivity index (χ3v) is 6.96. The van der Waals surface area contributed by atoms with Crippen LogP contribution in [0.5, 0.6) is 0 Å². The molecule has 0 radical (unpaired) electrons. The summed E-state index contributed by atoms with van der Waals surface area (Å²) in [6, 6.07) is 6.04. The third kappa shape index (κ3) is 6.23. The number of benzene rings is 1. The van der Waals surface area contributed by atoms with Crippen LogP contribution in [0.25, 0.3) is 0 Å². The highest BCUT2D eigenvalue weighted by Crippen LogP contribution is 2.30. The number of anilines is 1. The van der Waals surface area contributed by atoms with Gasteiger partial charge in [-0.15, -0.1) is 11.3 Å². The molecule has 0 aliphatic rings. The van der Waals surface area contributed by atoms with E-state index in [1.54, 1.807) is 17.7 Å². The van der Waals surface area contributed by atoms with Gasteiger partial charge < -0.3 is 5.32 Å². The lowest BCUT2D eigenvalue weighted by Gasteiger charge is -2.18. The molecule has 0 spiro atoms. The number of amides is 1. The Labute approximate surface area is 163 Å². The van der Waals surface area contributed by atoms with Gasteiger partial charge in [-0.3, -0.25) is 4.79 Å². The smallest absolute Gasteiger partial charge is 0.325 e. The molecule has 5 nitrogen and oxygen atoms in total.